The summed E-state index contributed by atoms with van der Waals surface area (Å²) in [5.74, 6) is 0.566. The number of ether oxygens (including phenoxy) is 4. The van der Waals surface area contributed by atoms with Crippen LogP contribution in [0.3, 0.4) is 0 Å². The largest absolute Gasteiger partial charge is 0.493 e. The molecule has 0 atom stereocenters. The Morgan fingerprint density at radius 1 is 0.781 bits per heavy atom. The highest BCUT2D eigenvalue weighted by Crippen LogP contribution is 2.38. The Morgan fingerprint density at radius 3 is 1.91 bits per heavy atom. The molecule has 0 saturated heterocycles. The fourth-order valence-electron chi connectivity index (χ4n) is 2.89. The van der Waals surface area contributed by atoms with E-state index in [1.54, 1.807) is 42.5 Å². The van der Waals surface area contributed by atoms with Gasteiger partial charge in [-0.25, -0.2) is 4.79 Å². The number of carbonyl (C=O) groups is 2. The van der Waals surface area contributed by atoms with Gasteiger partial charge >= 0.3 is 5.97 Å². The van der Waals surface area contributed by atoms with Crippen molar-refractivity contribution in [3.63, 3.8) is 0 Å². The van der Waals surface area contributed by atoms with Crippen molar-refractivity contribution in [1.82, 2.24) is 0 Å². The molecule has 0 spiro atoms. The molecule has 32 heavy (non-hydrogen) atoms. The summed E-state index contributed by atoms with van der Waals surface area (Å²) in [5.41, 5.74) is 1.55. The van der Waals surface area contributed by atoms with E-state index in [4.69, 9.17) is 30.5 Å². The first-order valence-electron chi connectivity index (χ1n) is 9.55. The van der Waals surface area contributed by atoms with E-state index in [0.717, 1.165) is 5.56 Å². The van der Waals surface area contributed by atoms with E-state index in [9.17, 15) is 9.59 Å². The van der Waals surface area contributed by atoms with Gasteiger partial charge in [0.05, 0.1) is 26.9 Å². The summed E-state index contributed by atoms with van der Waals surface area (Å²) in [6.07, 6.45) is 3.18. The Hall–Kier alpha value is -3.77. The van der Waals surface area contributed by atoms with E-state index in [1.165, 1.54) is 39.5 Å². The third-order valence-electron chi connectivity index (χ3n) is 4.55. The van der Waals surface area contributed by atoms with Crippen molar-refractivity contribution in [1.29, 1.82) is 0 Å². The minimum atomic E-state index is -0.606. The van der Waals surface area contributed by atoms with Crippen LogP contribution in [0.2, 0.25) is 5.02 Å². The van der Waals surface area contributed by atoms with Crippen LogP contribution in [0, 0.1) is 0 Å². The summed E-state index contributed by atoms with van der Waals surface area (Å²) in [4.78, 5) is 25.0. The van der Waals surface area contributed by atoms with Crippen LogP contribution < -0.4 is 18.9 Å². The smallest absolute Gasteiger partial charge is 0.343 e. The number of ketones is 1. The van der Waals surface area contributed by atoms with Crippen LogP contribution in [0.4, 0.5) is 0 Å². The molecule has 3 aromatic rings. The number of halogens is 1. The average Bonchev–Trinajstić information content (AvgIpc) is 2.82. The zero-order valence-electron chi connectivity index (χ0n) is 17.8. The number of benzene rings is 3. The fraction of sp³-hybridized carbons (Fsp3) is 0.120. The van der Waals surface area contributed by atoms with Gasteiger partial charge in [-0.3, -0.25) is 4.79 Å². The molecule has 0 radical (unpaired) electrons. The predicted octanol–water partition coefficient (Wildman–Crippen LogP) is 5.48. The first kappa shape index (κ1) is 22.9. The second kappa shape index (κ2) is 10.5. The first-order valence-corrected chi connectivity index (χ1v) is 9.93. The second-order valence-corrected chi connectivity index (χ2v) is 7.01. The molecule has 0 unspecified atom stereocenters. The van der Waals surface area contributed by atoms with Crippen molar-refractivity contribution in [2.45, 2.75) is 0 Å². The molecule has 0 bridgehead atoms. The molecule has 0 aliphatic heterocycles. The number of rotatable bonds is 8. The second-order valence-electron chi connectivity index (χ2n) is 6.58. The molecule has 3 rings (SSSR count). The number of carbonyl (C=O) groups excluding carboxylic acids is 2. The van der Waals surface area contributed by atoms with Crippen molar-refractivity contribution in [2.24, 2.45) is 0 Å². The number of esters is 1. The Morgan fingerprint density at radius 2 is 1.38 bits per heavy atom. The van der Waals surface area contributed by atoms with Crippen molar-refractivity contribution in [3.8, 4) is 23.0 Å². The van der Waals surface area contributed by atoms with E-state index in [2.05, 4.69) is 0 Å². The number of methoxy groups -OCH3 is 3. The molecule has 3 aromatic carbocycles. The summed E-state index contributed by atoms with van der Waals surface area (Å²) in [6, 6.07) is 16.4. The highest BCUT2D eigenvalue weighted by Gasteiger charge is 2.18. The molecule has 6 nitrogen and oxygen atoms in total. The van der Waals surface area contributed by atoms with Crippen molar-refractivity contribution < 1.29 is 28.5 Å². The molecule has 0 aliphatic carbocycles. The van der Waals surface area contributed by atoms with Gasteiger partial charge in [-0.05, 0) is 60.2 Å². The lowest BCUT2D eigenvalue weighted by Gasteiger charge is -2.13. The summed E-state index contributed by atoms with van der Waals surface area (Å²) >= 11 is 5.86. The van der Waals surface area contributed by atoms with Crippen LogP contribution >= 0.6 is 11.6 Å². The Balaban J connectivity index is 1.70. The Kier molecular flexibility index (Phi) is 7.52. The monoisotopic (exact) mass is 452 g/mol. The maximum atomic E-state index is 12.6. The third kappa shape index (κ3) is 5.47. The minimum absolute atomic E-state index is 0.178. The number of allylic oxidation sites excluding steroid dienone is 1. The van der Waals surface area contributed by atoms with Gasteiger partial charge in [0.1, 0.15) is 5.75 Å². The van der Waals surface area contributed by atoms with Crippen LogP contribution in [0.15, 0.2) is 66.7 Å². The summed E-state index contributed by atoms with van der Waals surface area (Å²) in [7, 11) is 4.40. The lowest BCUT2D eigenvalue weighted by atomic mass is 10.1. The molecular formula is C25H21ClO6. The van der Waals surface area contributed by atoms with E-state index in [0.29, 0.717) is 33.6 Å². The Bertz CT molecular complexity index is 1110. The highest BCUT2D eigenvalue weighted by atomic mass is 35.5. The molecule has 0 heterocycles. The van der Waals surface area contributed by atoms with Gasteiger partial charge in [0.15, 0.2) is 17.3 Å². The van der Waals surface area contributed by atoms with Crippen molar-refractivity contribution in [3.05, 3.63) is 88.5 Å². The maximum absolute atomic E-state index is 12.6. The lowest BCUT2D eigenvalue weighted by molar-refractivity contribution is 0.0733. The van der Waals surface area contributed by atoms with Crippen LogP contribution in [0.5, 0.6) is 23.0 Å². The van der Waals surface area contributed by atoms with Crippen molar-refractivity contribution in [2.75, 3.05) is 21.3 Å². The summed E-state index contributed by atoms with van der Waals surface area (Å²) < 4.78 is 21.2. The van der Waals surface area contributed by atoms with Gasteiger partial charge in [-0.15, -0.1) is 0 Å². The quantitative estimate of drug-likeness (QED) is 0.195. The van der Waals surface area contributed by atoms with E-state index in [1.807, 2.05) is 12.1 Å². The molecule has 0 saturated carbocycles. The van der Waals surface area contributed by atoms with Crippen molar-refractivity contribution >= 4 is 29.4 Å². The third-order valence-corrected chi connectivity index (χ3v) is 4.80. The average molecular weight is 453 g/mol. The van der Waals surface area contributed by atoms with Gasteiger partial charge in [-0.1, -0.05) is 29.8 Å². The summed E-state index contributed by atoms with van der Waals surface area (Å²) in [5, 5.41) is 0.630. The SMILES string of the molecule is COc1cc(C(=O)Oc2ccc(C(=O)/C=C/c3ccc(Cl)cc3)cc2)cc(OC)c1OC. The van der Waals surface area contributed by atoms with Crippen LogP contribution in [-0.2, 0) is 0 Å². The molecule has 0 aliphatic rings. The van der Waals surface area contributed by atoms with E-state index >= 15 is 0 Å². The van der Waals surface area contributed by atoms with Gasteiger partial charge in [0, 0.05) is 10.6 Å². The summed E-state index contributed by atoms with van der Waals surface area (Å²) in [6.45, 7) is 0. The van der Waals surface area contributed by atoms with Gasteiger partial charge in [0.2, 0.25) is 5.75 Å². The topological polar surface area (TPSA) is 71.1 Å². The molecular weight excluding hydrogens is 432 g/mol. The molecule has 164 valence electrons. The minimum Gasteiger partial charge on any atom is -0.493 e. The van der Waals surface area contributed by atoms with Gasteiger partial charge in [-0.2, -0.15) is 0 Å². The van der Waals surface area contributed by atoms with Gasteiger partial charge < -0.3 is 18.9 Å². The standard InChI is InChI=1S/C25H21ClO6/c1-29-22-14-18(15-23(30-2)24(22)31-3)25(28)32-20-11-7-17(8-12-20)21(27)13-6-16-4-9-19(26)10-5-16/h4-15H,1-3H3/b13-6+. The molecule has 7 heteroatoms. The Labute approximate surface area is 190 Å². The normalized spacial score (nSPS) is 10.6. The zero-order chi connectivity index (χ0) is 23.1. The van der Waals surface area contributed by atoms with E-state index < -0.39 is 5.97 Å². The zero-order valence-corrected chi connectivity index (χ0v) is 18.5. The molecule has 0 aromatic heterocycles. The van der Waals surface area contributed by atoms with Gasteiger partial charge in [0.25, 0.3) is 0 Å². The number of hydrogen-bond donors (Lipinski definition) is 0. The lowest BCUT2D eigenvalue weighted by Crippen LogP contribution is -2.10. The highest BCUT2D eigenvalue weighted by molar-refractivity contribution is 6.30. The predicted molar refractivity (Wildman–Crippen MR) is 122 cm³/mol. The molecule has 0 N–H and O–H groups in total. The molecule has 0 fully saturated rings. The fourth-order valence-corrected chi connectivity index (χ4v) is 3.02. The first-order chi connectivity index (χ1) is 15.4. The van der Waals surface area contributed by atoms with E-state index in [-0.39, 0.29) is 11.3 Å². The van der Waals surface area contributed by atoms with Crippen LogP contribution in [0.25, 0.3) is 6.08 Å². The van der Waals surface area contributed by atoms with Crippen LogP contribution in [-0.4, -0.2) is 33.1 Å². The number of hydrogen-bond acceptors (Lipinski definition) is 6. The molecule has 0 amide bonds. The maximum Gasteiger partial charge on any atom is 0.343 e. The van der Waals surface area contributed by atoms with Crippen LogP contribution in [0.1, 0.15) is 26.3 Å².